The van der Waals surface area contributed by atoms with Crippen molar-refractivity contribution in [2.24, 2.45) is 0 Å². The zero-order valence-electron chi connectivity index (χ0n) is 10.7. The van der Waals surface area contributed by atoms with Gasteiger partial charge in [0.05, 0.1) is 6.54 Å². The molecule has 102 valence electrons. The van der Waals surface area contributed by atoms with E-state index in [-0.39, 0.29) is 18.3 Å². The predicted molar refractivity (Wildman–Crippen MR) is 69.7 cm³/mol. The van der Waals surface area contributed by atoms with E-state index in [9.17, 15) is 4.79 Å². The molecule has 0 fully saturated rings. The average Bonchev–Trinajstić information content (AvgIpc) is 2.92. The molecule has 1 aromatic carbocycles. The Bertz CT molecular complexity index is 603. The summed E-state index contributed by atoms with van der Waals surface area (Å²) in [5, 5.41) is 15.1. The standard InChI is InChI=1S/C13H13N5O2/c14-8-12-16-10-18(17-12)9-13(19)15-6-7-20-11-4-2-1-3-5-11/h1-5,10H,6-7,9H2,(H,15,19). The molecule has 2 rings (SSSR count). The van der Waals surface area contributed by atoms with Crippen LogP contribution in [0.4, 0.5) is 0 Å². The number of rotatable bonds is 6. The van der Waals surface area contributed by atoms with Crippen LogP contribution in [-0.2, 0) is 11.3 Å². The predicted octanol–water partition coefficient (Wildman–Crippen LogP) is 0.345. The normalized spacial score (nSPS) is 9.75. The Kier molecular flexibility index (Phi) is 4.67. The highest BCUT2D eigenvalue weighted by molar-refractivity contribution is 5.75. The molecule has 0 saturated heterocycles. The third-order valence-electron chi connectivity index (χ3n) is 2.38. The third-order valence-corrected chi connectivity index (χ3v) is 2.38. The highest BCUT2D eigenvalue weighted by atomic mass is 16.5. The first-order valence-electron chi connectivity index (χ1n) is 6.02. The lowest BCUT2D eigenvalue weighted by Crippen LogP contribution is -2.31. The number of hydrogen-bond donors (Lipinski definition) is 1. The monoisotopic (exact) mass is 271 g/mol. The fraction of sp³-hybridized carbons (Fsp3) is 0.231. The summed E-state index contributed by atoms with van der Waals surface area (Å²) in [6.07, 6.45) is 1.35. The summed E-state index contributed by atoms with van der Waals surface area (Å²) in [6, 6.07) is 11.2. The quantitative estimate of drug-likeness (QED) is 0.765. The van der Waals surface area contributed by atoms with E-state index in [2.05, 4.69) is 15.4 Å². The molecule has 20 heavy (non-hydrogen) atoms. The summed E-state index contributed by atoms with van der Waals surface area (Å²) >= 11 is 0. The van der Waals surface area contributed by atoms with Gasteiger partial charge in [-0.3, -0.25) is 4.79 Å². The molecular weight excluding hydrogens is 258 g/mol. The number of nitrogens with one attached hydrogen (secondary N) is 1. The van der Waals surface area contributed by atoms with Gasteiger partial charge in [-0.1, -0.05) is 18.2 Å². The van der Waals surface area contributed by atoms with Crippen LogP contribution in [0.25, 0.3) is 0 Å². The van der Waals surface area contributed by atoms with Gasteiger partial charge < -0.3 is 10.1 Å². The molecule has 0 aliphatic rings. The molecule has 7 nitrogen and oxygen atoms in total. The molecular formula is C13H13N5O2. The van der Waals surface area contributed by atoms with E-state index in [4.69, 9.17) is 10.00 Å². The van der Waals surface area contributed by atoms with Gasteiger partial charge in [-0.2, -0.15) is 5.26 Å². The fourth-order valence-corrected chi connectivity index (χ4v) is 1.50. The van der Waals surface area contributed by atoms with Gasteiger partial charge in [0.1, 0.15) is 31.3 Å². The Morgan fingerprint density at radius 1 is 1.40 bits per heavy atom. The van der Waals surface area contributed by atoms with Crippen LogP contribution in [0, 0.1) is 11.3 Å². The smallest absolute Gasteiger partial charge is 0.252 e. The number of para-hydroxylation sites is 1. The zero-order valence-corrected chi connectivity index (χ0v) is 10.7. The summed E-state index contributed by atoms with van der Waals surface area (Å²) in [7, 11) is 0. The van der Waals surface area contributed by atoms with Crippen molar-refractivity contribution in [3.05, 3.63) is 42.5 Å². The van der Waals surface area contributed by atoms with Crippen LogP contribution < -0.4 is 10.1 Å². The van der Waals surface area contributed by atoms with Crippen LogP contribution in [0.2, 0.25) is 0 Å². The molecule has 1 N–H and O–H groups in total. The lowest BCUT2D eigenvalue weighted by atomic mass is 10.3. The summed E-state index contributed by atoms with van der Waals surface area (Å²) < 4.78 is 6.75. The summed E-state index contributed by atoms with van der Waals surface area (Å²) in [4.78, 5) is 15.3. The second kappa shape index (κ2) is 6.89. The van der Waals surface area contributed by atoms with Crippen molar-refractivity contribution in [1.82, 2.24) is 20.1 Å². The van der Waals surface area contributed by atoms with Crippen LogP contribution >= 0.6 is 0 Å². The molecule has 1 heterocycles. The van der Waals surface area contributed by atoms with Gasteiger partial charge >= 0.3 is 0 Å². The molecule has 1 amide bonds. The average molecular weight is 271 g/mol. The Morgan fingerprint density at radius 2 is 2.20 bits per heavy atom. The second-order valence-electron chi connectivity index (χ2n) is 3.89. The number of nitriles is 1. The van der Waals surface area contributed by atoms with Gasteiger partial charge in [-0.15, -0.1) is 5.10 Å². The molecule has 2 aromatic rings. The molecule has 7 heteroatoms. The van der Waals surface area contributed by atoms with Crippen molar-refractivity contribution < 1.29 is 9.53 Å². The van der Waals surface area contributed by atoms with Crippen molar-refractivity contribution in [2.45, 2.75) is 6.54 Å². The Labute approximate surface area is 115 Å². The maximum Gasteiger partial charge on any atom is 0.252 e. The summed E-state index contributed by atoms with van der Waals surface area (Å²) in [5.74, 6) is 0.595. The van der Waals surface area contributed by atoms with Crippen LogP contribution in [0.15, 0.2) is 36.7 Å². The van der Waals surface area contributed by atoms with E-state index < -0.39 is 0 Å². The van der Waals surface area contributed by atoms with E-state index in [0.29, 0.717) is 13.2 Å². The first-order chi connectivity index (χ1) is 9.78. The van der Waals surface area contributed by atoms with E-state index in [1.54, 1.807) is 6.07 Å². The topological polar surface area (TPSA) is 92.8 Å². The fourth-order valence-electron chi connectivity index (χ4n) is 1.50. The highest BCUT2D eigenvalue weighted by Gasteiger charge is 2.05. The molecule has 0 aliphatic carbocycles. The van der Waals surface area contributed by atoms with Crippen LogP contribution in [0.5, 0.6) is 5.75 Å². The van der Waals surface area contributed by atoms with Crippen LogP contribution in [-0.4, -0.2) is 33.8 Å². The molecule has 0 atom stereocenters. The number of amides is 1. The van der Waals surface area contributed by atoms with Crippen LogP contribution in [0.3, 0.4) is 0 Å². The van der Waals surface area contributed by atoms with Gasteiger partial charge in [0, 0.05) is 0 Å². The number of nitrogens with zero attached hydrogens (tertiary/aromatic N) is 4. The van der Waals surface area contributed by atoms with Crippen molar-refractivity contribution in [2.75, 3.05) is 13.2 Å². The number of benzene rings is 1. The van der Waals surface area contributed by atoms with Gasteiger partial charge in [0.15, 0.2) is 0 Å². The van der Waals surface area contributed by atoms with Gasteiger partial charge in [0.2, 0.25) is 5.91 Å². The first-order valence-corrected chi connectivity index (χ1v) is 6.02. The molecule has 0 saturated carbocycles. The molecule has 0 aliphatic heterocycles. The van der Waals surface area contributed by atoms with E-state index >= 15 is 0 Å². The van der Waals surface area contributed by atoms with Crippen molar-refractivity contribution >= 4 is 5.91 Å². The highest BCUT2D eigenvalue weighted by Crippen LogP contribution is 2.07. The maximum absolute atomic E-state index is 11.6. The van der Waals surface area contributed by atoms with Crippen LogP contribution in [0.1, 0.15) is 5.82 Å². The van der Waals surface area contributed by atoms with E-state index in [1.165, 1.54) is 11.0 Å². The van der Waals surface area contributed by atoms with Crippen molar-refractivity contribution in [1.29, 1.82) is 5.26 Å². The van der Waals surface area contributed by atoms with Crippen molar-refractivity contribution in [3.63, 3.8) is 0 Å². The number of carbonyl (C=O) groups is 1. The van der Waals surface area contributed by atoms with Crippen molar-refractivity contribution in [3.8, 4) is 11.8 Å². The minimum Gasteiger partial charge on any atom is -0.492 e. The Balaban J connectivity index is 1.67. The lowest BCUT2D eigenvalue weighted by molar-refractivity contribution is -0.121. The van der Waals surface area contributed by atoms with E-state index in [1.807, 2.05) is 30.3 Å². The third kappa shape index (κ3) is 4.10. The first kappa shape index (κ1) is 13.5. The maximum atomic E-state index is 11.6. The number of aromatic nitrogens is 3. The minimum absolute atomic E-state index is 0.0278. The molecule has 0 unspecified atom stereocenters. The Morgan fingerprint density at radius 3 is 2.90 bits per heavy atom. The van der Waals surface area contributed by atoms with Gasteiger partial charge in [0.25, 0.3) is 5.82 Å². The number of hydrogen-bond acceptors (Lipinski definition) is 5. The molecule has 0 bridgehead atoms. The summed E-state index contributed by atoms with van der Waals surface area (Å²) in [5.41, 5.74) is 0. The molecule has 1 aromatic heterocycles. The van der Waals surface area contributed by atoms with Gasteiger partial charge in [-0.25, -0.2) is 9.67 Å². The second-order valence-corrected chi connectivity index (χ2v) is 3.89. The molecule has 0 spiro atoms. The van der Waals surface area contributed by atoms with Gasteiger partial charge in [-0.05, 0) is 12.1 Å². The SMILES string of the molecule is N#Cc1ncn(CC(=O)NCCOc2ccccc2)n1. The lowest BCUT2D eigenvalue weighted by Gasteiger charge is -2.07. The number of ether oxygens (including phenoxy) is 1. The zero-order chi connectivity index (χ0) is 14.2. The minimum atomic E-state index is -0.212. The van der Waals surface area contributed by atoms with E-state index in [0.717, 1.165) is 5.75 Å². The molecule has 0 radical (unpaired) electrons. The largest absolute Gasteiger partial charge is 0.492 e. The number of carbonyl (C=O) groups excluding carboxylic acids is 1. The summed E-state index contributed by atoms with van der Waals surface area (Å²) in [6.45, 7) is 0.810. The Hall–Kier alpha value is -2.88.